The van der Waals surface area contributed by atoms with Gasteiger partial charge in [0.2, 0.25) is 5.91 Å². The van der Waals surface area contributed by atoms with E-state index in [0.29, 0.717) is 0 Å². The topological polar surface area (TPSA) is 58.6 Å². The first-order valence-corrected chi connectivity index (χ1v) is 8.43. The number of aryl methyl sites for hydroxylation is 1. The van der Waals surface area contributed by atoms with Crippen molar-refractivity contribution in [2.24, 2.45) is 0 Å². The first kappa shape index (κ1) is 16.2. The molecule has 0 fully saturated rings. The van der Waals surface area contributed by atoms with Gasteiger partial charge in [0, 0.05) is 11.3 Å². The van der Waals surface area contributed by atoms with Crippen molar-refractivity contribution in [2.75, 3.05) is 12.4 Å². The zero-order valence-electron chi connectivity index (χ0n) is 14.6. The van der Waals surface area contributed by atoms with Crippen LogP contribution in [0, 0.1) is 6.92 Å². The molecule has 0 radical (unpaired) electrons. The fraction of sp³-hybridized carbons (Fsp3) is 0.136. The second-order valence-corrected chi connectivity index (χ2v) is 6.48. The van der Waals surface area contributed by atoms with Gasteiger partial charge in [-0.2, -0.15) is 0 Å². The molecule has 3 aromatic carbocycles. The van der Waals surface area contributed by atoms with Gasteiger partial charge in [0.1, 0.15) is 16.9 Å². The summed E-state index contributed by atoms with van der Waals surface area (Å²) in [6.07, 6.45) is 0. The van der Waals surface area contributed by atoms with Crippen LogP contribution in [0.25, 0.3) is 0 Å². The van der Waals surface area contributed by atoms with E-state index in [1.807, 2.05) is 49.4 Å². The van der Waals surface area contributed by atoms with E-state index in [1.54, 1.807) is 31.4 Å². The van der Waals surface area contributed by atoms with Gasteiger partial charge < -0.3 is 15.2 Å². The number of benzene rings is 3. The Morgan fingerprint density at radius 3 is 2.15 bits per heavy atom. The number of hydrogen-bond acceptors (Lipinski definition) is 3. The fourth-order valence-electron chi connectivity index (χ4n) is 3.77. The Morgan fingerprint density at radius 2 is 1.54 bits per heavy atom. The number of amides is 1. The number of fused-ring (bicyclic) bond motifs is 1. The number of methoxy groups -OCH3 is 1. The van der Waals surface area contributed by atoms with Crippen LogP contribution >= 0.6 is 0 Å². The van der Waals surface area contributed by atoms with E-state index in [-0.39, 0.29) is 11.7 Å². The summed E-state index contributed by atoms with van der Waals surface area (Å²) >= 11 is 0. The molecule has 0 saturated heterocycles. The monoisotopic (exact) mass is 345 g/mol. The highest BCUT2D eigenvalue weighted by Crippen LogP contribution is 2.49. The van der Waals surface area contributed by atoms with E-state index in [4.69, 9.17) is 4.74 Å². The quantitative estimate of drug-likeness (QED) is 0.754. The number of para-hydroxylation sites is 1. The Kier molecular flexibility index (Phi) is 3.69. The number of rotatable bonds is 3. The van der Waals surface area contributed by atoms with Gasteiger partial charge in [0.05, 0.1) is 7.11 Å². The Bertz CT molecular complexity index is 977. The van der Waals surface area contributed by atoms with Gasteiger partial charge in [-0.1, -0.05) is 42.5 Å². The summed E-state index contributed by atoms with van der Waals surface area (Å²) in [5.74, 6) is 0.802. The molecule has 4 nitrogen and oxygen atoms in total. The van der Waals surface area contributed by atoms with Gasteiger partial charge in [-0.3, -0.25) is 4.79 Å². The van der Waals surface area contributed by atoms with E-state index in [1.165, 1.54) is 0 Å². The molecule has 1 heterocycles. The van der Waals surface area contributed by atoms with Gasteiger partial charge in [-0.25, -0.2) is 0 Å². The highest BCUT2D eigenvalue weighted by Gasteiger charge is 2.50. The normalized spacial score (nSPS) is 18.3. The molecule has 2 N–H and O–H groups in total. The Labute approximate surface area is 152 Å². The zero-order chi connectivity index (χ0) is 18.3. The van der Waals surface area contributed by atoms with Crippen LogP contribution in [-0.2, 0) is 10.2 Å². The number of ether oxygens (including phenoxy) is 1. The SMILES string of the molecule is COc1ccc([C@@]2(c3ccc(O)cc3)C(=O)Nc3c(C)cccc32)cc1. The van der Waals surface area contributed by atoms with Crippen LogP contribution in [0.1, 0.15) is 22.3 Å². The first-order chi connectivity index (χ1) is 12.6. The molecule has 0 unspecified atom stereocenters. The smallest absolute Gasteiger partial charge is 0.244 e. The van der Waals surface area contributed by atoms with E-state index < -0.39 is 5.41 Å². The number of carbonyl (C=O) groups excluding carboxylic acids is 1. The van der Waals surface area contributed by atoms with Crippen molar-refractivity contribution in [1.29, 1.82) is 0 Å². The summed E-state index contributed by atoms with van der Waals surface area (Å²) in [6.45, 7) is 1.99. The maximum Gasteiger partial charge on any atom is 0.244 e. The molecule has 130 valence electrons. The molecule has 1 aliphatic heterocycles. The molecule has 1 atom stereocenters. The molecule has 1 aliphatic rings. The number of aromatic hydroxyl groups is 1. The highest BCUT2D eigenvalue weighted by atomic mass is 16.5. The third-order valence-corrected chi connectivity index (χ3v) is 5.08. The van der Waals surface area contributed by atoms with Crippen molar-refractivity contribution < 1.29 is 14.6 Å². The summed E-state index contributed by atoms with van der Waals surface area (Å²) in [7, 11) is 1.62. The largest absolute Gasteiger partial charge is 0.508 e. The minimum absolute atomic E-state index is 0.0994. The average molecular weight is 345 g/mol. The van der Waals surface area contributed by atoms with E-state index in [0.717, 1.165) is 33.7 Å². The van der Waals surface area contributed by atoms with Gasteiger partial charge in [-0.05, 0) is 47.9 Å². The van der Waals surface area contributed by atoms with E-state index in [2.05, 4.69) is 5.32 Å². The van der Waals surface area contributed by atoms with Crippen LogP contribution in [0.5, 0.6) is 11.5 Å². The number of nitrogens with one attached hydrogen (secondary N) is 1. The third kappa shape index (κ3) is 2.19. The number of hydrogen-bond donors (Lipinski definition) is 2. The lowest BCUT2D eigenvalue weighted by atomic mass is 9.70. The van der Waals surface area contributed by atoms with Crippen LogP contribution in [0.3, 0.4) is 0 Å². The number of anilines is 1. The van der Waals surface area contributed by atoms with Crippen molar-refractivity contribution in [3.8, 4) is 11.5 Å². The van der Waals surface area contributed by atoms with Crippen molar-refractivity contribution in [3.63, 3.8) is 0 Å². The standard InChI is InChI=1S/C22H19NO3/c1-14-4-3-5-19-20(14)23-21(25)22(19,15-6-10-17(24)11-7-15)16-8-12-18(26-2)13-9-16/h3-13,24H,1-2H3,(H,23,25)/t22-/m1/s1. The molecule has 4 rings (SSSR count). The summed E-state index contributed by atoms with van der Waals surface area (Å²) < 4.78 is 5.27. The predicted molar refractivity (Wildman–Crippen MR) is 101 cm³/mol. The number of phenols is 1. The molecule has 0 bridgehead atoms. The molecular formula is C22H19NO3. The summed E-state index contributed by atoms with van der Waals surface area (Å²) in [5.41, 5.74) is 3.47. The molecule has 0 aromatic heterocycles. The average Bonchev–Trinajstić information content (AvgIpc) is 2.97. The van der Waals surface area contributed by atoms with Gasteiger partial charge in [-0.15, -0.1) is 0 Å². The Hall–Kier alpha value is -3.27. The Balaban J connectivity index is 2.04. The molecule has 1 amide bonds. The van der Waals surface area contributed by atoms with Crippen molar-refractivity contribution in [3.05, 3.63) is 89.0 Å². The summed E-state index contributed by atoms with van der Waals surface area (Å²) in [4.78, 5) is 13.3. The number of phenolic OH excluding ortho intramolecular Hbond substituents is 1. The summed E-state index contributed by atoms with van der Waals surface area (Å²) in [5, 5.41) is 12.8. The highest BCUT2D eigenvalue weighted by molar-refractivity contribution is 6.12. The zero-order valence-corrected chi connectivity index (χ0v) is 14.6. The minimum Gasteiger partial charge on any atom is -0.508 e. The van der Waals surface area contributed by atoms with Crippen LogP contribution in [-0.4, -0.2) is 18.1 Å². The fourth-order valence-corrected chi connectivity index (χ4v) is 3.77. The molecule has 3 aromatic rings. The summed E-state index contributed by atoms with van der Waals surface area (Å²) in [6, 6.07) is 20.3. The molecule has 26 heavy (non-hydrogen) atoms. The van der Waals surface area contributed by atoms with Crippen LogP contribution in [0.2, 0.25) is 0 Å². The molecule has 0 spiro atoms. The predicted octanol–water partition coefficient (Wildman–Crippen LogP) is 4.00. The Morgan fingerprint density at radius 1 is 0.923 bits per heavy atom. The maximum absolute atomic E-state index is 13.3. The van der Waals surface area contributed by atoms with Crippen LogP contribution < -0.4 is 10.1 Å². The van der Waals surface area contributed by atoms with Gasteiger partial charge in [0.15, 0.2) is 0 Å². The second-order valence-electron chi connectivity index (χ2n) is 6.48. The van der Waals surface area contributed by atoms with E-state index in [9.17, 15) is 9.90 Å². The van der Waals surface area contributed by atoms with Crippen molar-refractivity contribution in [2.45, 2.75) is 12.3 Å². The molecular weight excluding hydrogens is 326 g/mol. The lowest BCUT2D eigenvalue weighted by Gasteiger charge is -2.29. The van der Waals surface area contributed by atoms with Gasteiger partial charge >= 0.3 is 0 Å². The van der Waals surface area contributed by atoms with Crippen LogP contribution in [0.15, 0.2) is 66.7 Å². The lowest BCUT2D eigenvalue weighted by Crippen LogP contribution is -2.36. The number of carbonyl (C=O) groups is 1. The molecule has 0 saturated carbocycles. The van der Waals surface area contributed by atoms with Crippen molar-refractivity contribution in [1.82, 2.24) is 0 Å². The minimum atomic E-state index is -0.971. The van der Waals surface area contributed by atoms with Crippen LogP contribution in [0.4, 0.5) is 5.69 Å². The van der Waals surface area contributed by atoms with Gasteiger partial charge in [0.25, 0.3) is 0 Å². The maximum atomic E-state index is 13.3. The van der Waals surface area contributed by atoms with E-state index >= 15 is 0 Å². The molecule has 0 aliphatic carbocycles. The third-order valence-electron chi connectivity index (χ3n) is 5.08. The second kappa shape index (κ2) is 5.92. The van der Waals surface area contributed by atoms with Crippen molar-refractivity contribution >= 4 is 11.6 Å². The lowest BCUT2D eigenvalue weighted by molar-refractivity contribution is -0.118. The first-order valence-electron chi connectivity index (χ1n) is 8.43. The molecule has 4 heteroatoms.